The zero-order valence-corrected chi connectivity index (χ0v) is 13.1. The first-order valence-electron chi connectivity index (χ1n) is 7.27. The van der Waals surface area contributed by atoms with E-state index < -0.39 is 11.4 Å². The Labute approximate surface area is 125 Å². The first-order chi connectivity index (χ1) is 9.94. The lowest BCUT2D eigenvalue weighted by atomic mass is 9.76. The van der Waals surface area contributed by atoms with E-state index >= 15 is 0 Å². The van der Waals surface area contributed by atoms with E-state index in [2.05, 4.69) is 5.32 Å². The summed E-state index contributed by atoms with van der Waals surface area (Å²) in [4.78, 5) is 25.1. The molecule has 1 aliphatic heterocycles. The molecule has 2 amide bonds. The van der Waals surface area contributed by atoms with Gasteiger partial charge in [-0.15, -0.1) is 0 Å². The molecule has 0 saturated carbocycles. The Morgan fingerprint density at radius 1 is 1.33 bits per heavy atom. The maximum absolute atomic E-state index is 12.0. The van der Waals surface area contributed by atoms with Crippen molar-refractivity contribution < 1.29 is 24.2 Å². The third-order valence-corrected chi connectivity index (χ3v) is 4.07. The summed E-state index contributed by atoms with van der Waals surface area (Å²) in [6.45, 7) is 6.34. The second kappa shape index (κ2) is 8.19. The number of carboxylic acids is 1. The minimum atomic E-state index is -0.827. The maximum Gasteiger partial charge on any atom is 0.317 e. The van der Waals surface area contributed by atoms with Gasteiger partial charge < -0.3 is 24.8 Å². The van der Waals surface area contributed by atoms with Crippen LogP contribution >= 0.6 is 0 Å². The molecule has 1 atom stereocenters. The van der Waals surface area contributed by atoms with Crippen molar-refractivity contribution in [3.63, 3.8) is 0 Å². The number of nitrogens with one attached hydrogen (secondary N) is 1. The summed E-state index contributed by atoms with van der Waals surface area (Å²) in [5.41, 5.74) is -0.827. The van der Waals surface area contributed by atoms with Crippen LogP contribution in [0.2, 0.25) is 0 Å². The lowest BCUT2D eigenvalue weighted by Crippen LogP contribution is -2.44. The number of rotatable bonds is 8. The molecule has 0 aromatic heterocycles. The predicted molar refractivity (Wildman–Crippen MR) is 77.2 cm³/mol. The number of ether oxygens (including phenoxy) is 2. The first-order valence-corrected chi connectivity index (χ1v) is 7.27. The highest BCUT2D eigenvalue weighted by Gasteiger charge is 2.48. The Morgan fingerprint density at radius 2 is 2.05 bits per heavy atom. The summed E-state index contributed by atoms with van der Waals surface area (Å²) in [5, 5.41) is 12.2. The van der Waals surface area contributed by atoms with Crippen LogP contribution in [0.25, 0.3) is 0 Å². The maximum atomic E-state index is 12.0. The summed E-state index contributed by atoms with van der Waals surface area (Å²) < 4.78 is 10.1. The minimum Gasteiger partial charge on any atom is -0.481 e. The number of nitrogens with zero attached hydrogens (tertiary/aromatic N) is 1. The van der Waals surface area contributed by atoms with E-state index in [0.29, 0.717) is 39.3 Å². The molecule has 0 radical (unpaired) electrons. The highest BCUT2D eigenvalue weighted by atomic mass is 16.5. The second-order valence-electron chi connectivity index (χ2n) is 5.62. The number of carboxylic acid groups (broad SMARTS) is 1. The topological polar surface area (TPSA) is 88.1 Å². The van der Waals surface area contributed by atoms with Crippen molar-refractivity contribution in [1.29, 1.82) is 0 Å². The van der Waals surface area contributed by atoms with Gasteiger partial charge in [0.15, 0.2) is 0 Å². The summed E-state index contributed by atoms with van der Waals surface area (Å²) in [6, 6.07) is -0.228. The smallest absolute Gasteiger partial charge is 0.317 e. The molecule has 0 aromatic carbocycles. The molecule has 2 N–H and O–H groups in total. The van der Waals surface area contributed by atoms with Crippen LogP contribution in [0.15, 0.2) is 0 Å². The number of likely N-dealkylation sites (tertiary alicyclic amines) is 1. The first kappa shape index (κ1) is 17.7. The minimum absolute atomic E-state index is 0.00910. The molecule has 0 spiro atoms. The van der Waals surface area contributed by atoms with Crippen molar-refractivity contribution in [2.75, 3.05) is 46.6 Å². The lowest BCUT2D eigenvalue weighted by molar-refractivity contribution is -0.150. The lowest BCUT2D eigenvalue weighted by Gasteiger charge is -2.28. The van der Waals surface area contributed by atoms with Gasteiger partial charge >= 0.3 is 12.0 Å². The highest BCUT2D eigenvalue weighted by Crippen LogP contribution is 2.38. The number of urea groups is 1. The quantitative estimate of drug-likeness (QED) is 0.647. The number of hydrogen-bond donors (Lipinski definition) is 2. The van der Waals surface area contributed by atoms with Crippen molar-refractivity contribution in [2.24, 2.45) is 11.3 Å². The molecule has 1 heterocycles. The Kier molecular flexibility index (Phi) is 6.91. The molecular formula is C14H26N2O5. The largest absolute Gasteiger partial charge is 0.481 e. The van der Waals surface area contributed by atoms with E-state index in [0.717, 1.165) is 0 Å². The Hall–Kier alpha value is -1.34. The van der Waals surface area contributed by atoms with Crippen LogP contribution in [0, 0.1) is 11.3 Å². The van der Waals surface area contributed by atoms with Crippen molar-refractivity contribution in [3.8, 4) is 0 Å². The van der Waals surface area contributed by atoms with Crippen LogP contribution in [0.1, 0.15) is 20.3 Å². The van der Waals surface area contributed by atoms with Gasteiger partial charge in [-0.1, -0.05) is 13.8 Å². The zero-order valence-electron chi connectivity index (χ0n) is 13.1. The summed E-state index contributed by atoms with van der Waals surface area (Å²) in [7, 11) is 1.60. The third-order valence-electron chi connectivity index (χ3n) is 4.07. The fourth-order valence-corrected chi connectivity index (χ4v) is 2.49. The van der Waals surface area contributed by atoms with Crippen LogP contribution in [0.5, 0.6) is 0 Å². The molecule has 0 aromatic rings. The summed E-state index contributed by atoms with van der Waals surface area (Å²) in [5.74, 6) is -0.833. The van der Waals surface area contributed by atoms with E-state index in [1.807, 2.05) is 13.8 Å². The second-order valence-corrected chi connectivity index (χ2v) is 5.62. The van der Waals surface area contributed by atoms with Gasteiger partial charge in [-0.05, 0) is 12.3 Å². The fourth-order valence-electron chi connectivity index (χ4n) is 2.49. The average molecular weight is 302 g/mol. The van der Waals surface area contributed by atoms with Crippen LogP contribution in [-0.4, -0.2) is 68.6 Å². The van der Waals surface area contributed by atoms with Gasteiger partial charge in [-0.2, -0.15) is 0 Å². The zero-order chi connectivity index (χ0) is 15.9. The molecule has 1 unspecified atom stereocenters. The molecule has 0 bridgehead atoms. The number of carbonyl (C=O) groups excluding carboxylic acids is 1. The number of aliphatic carboxylic acids is 1. The van der Waals surface area contributed by atoms with Crippen molar-refractivity contribution in [2.45, 2.75) is 20.3 Å². The van der Waals surface area contributed by atoms with Gasteiger partial charge in [0.05, 0.1) is 25.2 Å². The van der Waals surface area contributed by atoms with Crippen LogP contribution in [-0.2, 0) is 14.3 Å². The van der Waals surface area contributed by atoms with Gasteiger partial charge in [0.2, 0.25) is 0 Å². The molecule has 21 heavy (non-hydrogen) atoms. The standard InChI is InChI=1S/C14H26N2O5/c1-11(2)14(12(17)18)4-6-16(10-14)13(19)15-5-7-21-9-8-20-3/h11H,4-10H2,1-3H3,(H,15,19)(H,17,18). The number of methoxy groups -OCH3 is 1. The Morgan fingerprint density at radius 3 is 2.57 bits per heavy atom. The van der Waals surface area contributed by atoms with Crippen molar-refractivity contribution in [3.05, 3.63) is 0 Å². The molecular weight excluding hydrogens is 276 g/mol. The van der Waals surface area contributed by atoms with E-state index in [-0.39, 0.29) is 18.5 Å². The molecule has 1 aliphatic rings. The SMILES string of the molecule is COCCOCCNC(=O)N1CCC(C(=O)O)(C(C)C)C1. The molecule has 0 aliphatic carbocycles. The van der Waals surface area contributed by atoms with E-state index in [9.17, 15) is 14.7 Å². The van der Waals surface area contributed by atoms with Gasteiger partial charge in [0.1, 0.15) is 0 Å². The Balaban J connectivity index is 2.35. The highest BCUT2D eigenvalue weighted by molar-refractivity contribution is 5.80. The summed E-state index contributed by atoms with van der Waals surface area (Å²) >= 11 is 0. The van der Waals surface area contributed by atoms with Crippen LogP contribution in [0.4, 0.5) is 4.79 Å². The van der Waals surface area contributed by atoms with E-state index in [1.54, 1.807) is 12.0 Å². The van der Waals surface area contributed by atoms with Crippen molar-refractivity contribution >= 4 is 12.0 Å². The summed E-state index contributed by atoms with van der Waals surface area (Å²) in [6.07, 6.45) is 0.498. The number of carbonyl (C=O) groups is 2. The molecule has 1 fully saturated rings. The number of hydrogen-bond acceptors (Lipinski definition) is 4. The van der Waals surface area contributed by atoms with E-state index in [1.165, 1.54) is 0 Å². The van der Waals surface area contributed by atoms with Crippen molar-refractivity contribution in [1.82, 2.24) is 10.2 Å². The monoisotopic (exact) mass is 302 g/mol. The normalized spacial score (nSPS) is 21.8. The van der Waals surface area contributed by atoms with Gasteiger partial charge in [0, 0.05) is 26.7 Å². The molecule has 7 nitrogen and oxygen atoms in total. The number of amides is 2. The van der Waals surface area contributed by atoms with Crippen LogP contribution in [0.3, 0.4) is 0 Å². The fraction of sp³-hybridized carbons (Fsp3) is 0.857. The van der Waals surface area contributed by atoms with Gasteiger partial charge in [-0.3, -0.25) is 4.79 Å². The van der Waals surface area contributed by atoms with Gasteiger partial charge in [0.25, 0.3) is 0 Å². The van der Waals surface area contributed by atoms with Crippen LogP contribution < -0.4 is 5.32 Å². The molecule has 122 valence electrons. The predicted octanol–water partition coefficient (Wildman–Crippen LogP) is 0.792. The Bertz CT molecular complexity index is 361. The molecule has 7 heteroatoms. The molecule has 1 saturated heterocycles. The third kappa shape index (κ3) is 4.57. The average Bonchev–Trinajstić information content (AvgIpc) is 2.89. The molecule has 1 rings (SSSR count). The van der Waals surface area contributed by atoms with E-state index in [4.69, 9.17) is 9.47 Å². The van der Waals surface area contributed by atoms with Gasteiger partial charge in [-0.25, -0.2) is 4.79 Å².